The first kappa shape index (κ1) is 18.2. The van der Waals surface area contributed by atoms with E-state index in [2.05, 4.69) is 10.6 Å². The Morgan fingerprint density at radius 3 is 2.79 bits per heavy atom. The summed E-state index contributed by atoms with van der Waals surface area (Å²) in [7, 11) is 0. The number of carbonyl (C=O) groups excluding carboxylic acids is 2. The van der Waals surface area contributed by atoms with Gasteiger partial charge in [-0.1, -0.05) is 30.3 Å². The molecule has 2 aliphatic heterocycles. The van der Waals surface area contributed by atoms with Gasteiger partial charge in [-0.2, -0.15) is 0 Å². The molecule has 2 aliphatic rings. The van der Waals surface area contributed by atoms with Crippen LogP contribution in [0.15, 0.2) is 48.5 Å². The fraction of sp³-hybridized carbons (Fsp3) is 0.286. The van der Waals surface area contributed by atoms with Gasteiger partial charge in [0.1, 0.15) is 5.66 Å². The number of carboxylic acids is 1. The van der Waals surface area contributed by atoms with Crippen LogP contribution in [0.1, 0.15) is 40.7 Å². The van der Waals surface area contributed by atoms with Gasteiger partial charge in [-0.3, -0.25) is 19.7 Å². The highest BCUT2D eigenvalue weighted by atomic mass is 16.4. The molecular formula is C21H21N3O4. The molecule has 2 heterocycles. The fourth-order valence-corrected chi connectivity index (χ4v) is 4.10. The fourth-order valence-electron chi connectivity index (χ4n) is 4.10. The number of hydrogen-bond donors (Lipinski definition) is 3. The van der Waals surface area contributed by atoms with E-state index in [9.17, 15) is 14.4 Å². The number of carboxylic acid groups (broad SMARTS) is 1. The lowest BCUT2D eigenvalue weighted by Crippen LogP contribution is -2.46. The molecule has 28 heavy (non-hydrogen) atoms. The zero-order valence-electron chi connectivity index (χ0n) is 15.3. The Hall–Kier alpha value is -3.19. The van der Waals surface area contributed by atoms with Crippen molar-refractivity contribution >= 4 is 23.5 Å². The maximum absolute atomic E-state index is 12.9. The maximum atomic E-state index is 12.9. The molecule has 0 radical (unpaired) electrons. The summed E-state index contributed by atoms with van der Waals surface area (Å²) in [6.07, 6.45) is 0.406. The lowest BCUT2D eigenvalue weighted by atomic mass is 9.91. The van der Waals surface area contributed by atoms with Crippen molar-refractivity contribution in [2.45, 2.75) is 24.9 Å². The Labute approximate surface area is 162 Å². The summed E-state index contributed by atoms with van der Waals surface area (Å²) in [6.45, 7) is 1.30. The molecule has 0 spiro atoms. The molecule has 0 aromatic heterocycles. The van der Waals surface area contributed by atoms with Crippen molar-refractivity contribution in [3.63, 3.8) is 0 Å². The van der Waals surface area contributed by atoms with Gasteiger partial charge in [0.05, 0.1) is 0 Å². The second kappa shape index (κ2) is 7.09. The molecule has 4 rings (SSSR count). The number of nitrogens with one attached hydrogen (secondary N) is 2. The van der Waals surface area contributed by atoms with Crippen LogP contribution in [-0.2, 0) is 15.3 Å². The Morgan fingerprint density at radius 2 is 1.96 bits per heavy atom. The van der Waals surface area contributed by atoms with Crippen LogP contribution in [-0.4, -0.2) is 40.9 Å². The van der Waals surface area contributed by atoms with Crippen LogP contribution in [0.25, 0.3) is 0 Å². The van der Waals surface area contributed by atoms with Gasteiger partial charge in [-0.25, -0.2) is 0 Å². The third-order valence-electron chi connectivity index (χ3n) is 5.27. The highest BCUT2D eigenvalue weighted by Crippen LogP contribution is 2.44. The largest absolute Gasteiger partial charge is 0.481 e. The van der Waals surface area contributed by atoms with Crippen LogP contribution >= 0.6 is 0 Å². The average Bonchev–Trinajstić information content (AvgIpc) is 3.21. The predicted molar refractivity (Wildman–Crippen MR) is 103 cm³/mol. The molecule has 2 aromatic rings. The van der Waals surface area contributed by atoms with Crippen molar-refractivity contribution in [1.82, 2.24) is 10.2 Å². The normalized spacial score (nSPS) is 20.0. The molecular weight excluding hydrogens is 358 g/mol. The van der Waals surface area contributed by atoms with Crippen LogP contribution in [0.4, 0.5) is 5.69 Å². The number of anilines is 1. The number of carbonyl (C=O) groups is 3. The summed E-state index contributed by atoms with van der Waals surface area (Å²) < 4.78 is 0. The molecule has 1 saturated heterocycles. The van der Waals surface area contributed by atoms with Gasteiger partial charge in [-0.15, -0.1) is 0 Å². The summed E-state index contributed by atoms with van der Waals surface area (Å²) >= 11 is 0. The Morgan fingerprint density at radius 1 is 1.14 bits per heavy atom. The van der Waals surface area contributed by atoms with Crippen molar-refractivity contribution in [1.29, 1.82) is 0 Å². The monoisotopic (exact) mass is 379 g/mol. The standard InChI is InChI=1S/C21H21N3O4/c25-18(9-4-10-19(26)27)23-15-6-3-5-14(13-15)21-17-8-2-1-7-16(17)20(28)24(21)12-11-22-21/h1-3,5-8,13,22H,4,9-12H2,(H,23,25)(H,26,27). The number of hydrogen-bond acceptors (Lipinski definition) is 4. The van der Waals surface area contributed by atoms with E-state index in [1.165, 1.54) is 0 Å². The molecule has 2 amide bonds. The molecule has 3 N–H and O–H groups in total. The van der Waals surface area contributed by atoms with Gasteiger partial charge in [0, 0.05) is 42.7 Å². The second-order valence-electron chi connectivity index (χ2n) is 7.02. The first-order valence-corrected chi connectivity index (χ1v) is 9.31. The first-order chi connectivity index (χ1) is 13.5. The molecule has 1 unspecified atom stereocenters. The number of aliphatic carboxylic acids is 1. The van der Waals surface area contributed by atoms with E-state index >= 15 is 0 Å². The van der Waals surface area contributed by atoms with E-state index in [1.807, 2.05) is 47.4 Å². The molecule has 144 valence electrons. The number of fused-ring (bicyclic) bond motifs is 3. The lowest BCUT2D eigenvalue weighted by molar-refractivity contribution is -0.137. The molecule has 0 aliphatic carbocycles. The third-order valence-corrected chi connectivity index (χ3v) is 5.27. The molecule has 1 atom stereocenters. The van der Waals surface area contributed by atoms with Crippen LogP contribution < -0.4 is 10.6 Å². The highest BCUT2D eigenvalue weighted by Gasteiger charge is 2.53. The quantitative estimate of drug-likeness (QED) is 0.714. The zero-order chi connectivity index (χ0) is 19.7. The van der Waals surface area contributed by atoms with Crippen molar-refractivity contribution < 1.29 is 19.5 Å². The van der Waals surface area contributed by atoms with Crippen molar-refractivity contribution in [2.24, 2.45) is 0 Å². The summed E-state index contributed by atoms with van der Waals surface area (Å²) in [5.74, 6) is -1.13. The smallest absolute Gasteiger partial charge is 0.303 e. The minimum Gasteiger partial charge on any atom is -0.481 e. The predicted octanol–water partition coefficient (Wildman–Crippen LogP) is 2.14. The Balaban J connectivity index is 1.62. The van der Waals surface area contributed by atoms with Crippen molar-refractivity contribution in [3.05, 3.63) is 65.2 Å². The van der Waals surface area contributed by atoms with Gasteiger partial charge < -0.3 is 15.3 Å². The van der Waals surface area contributed by atoms with Crippen LogP contribution in [0.5, 0.6) is 0 Å². The number of benzene rings is 2. The Kier molecular flexibility index (Phi) is 4.60. The minimum absolute atomic E-state index is 0.00343. The topological polar surface area (TPSA) is 98.7 Å². The lowest BCUT2D eigenvalue weighted by Gasteiger charge is -2.33. The summed E-state index contributed by atoms with van der Waals surface area (Å²) in [5.41, 5.74) is 2.39. The van der Waals surface area contributed by atoms with E-state index in [-0.39, 0.29) is 24.7 Å². The number of nitrogens with zero attached hydrogens (tertiary/aromatic N) is 1. The van der Waals surface area contributed by atoms with Gasteiger partial charge in [0.25, 0.3) is 5.91 Å². The number of rotatable bonds is 6. The van der Waals surface area contributed by atoms with Crippen molar-refractivity contribution in [2.75, 3.05) is 18.4 Å². The van der Waals surface area contributed by atoms with E-state index in [0.717, 1.165) is 11.1 Å². The van der Waals surface area contributed by atoms with Gasteiger partial charge >= 0.3 is 5.97 Å². The second-order valence-corrected chi connectivity index (χ2v) is 7.02. The first-order valence-electron chi connectivity index (χ1n) is 9.31. The van der Waals surface area contributed by atoms with E-state index in [4.69, 9.17) is 5.11 Å². The molecule has 0 bridgehead atoms. The highest BCUT2D eigenvalue weighted by molar-refractivity contribution is 6.01. The summed E-state index contributed by atoms with van der Waals surface area (Å²) in [6, 6.07) is 15.0. The third kappa shape index (κ3) is 2.93. The van der Waals surface area contributed by atoms with Gasteiger partial charge in [-0.05, 0) is 30.2 Å². The van der Waals surface area contributed by atoms with E-state index in [0.29, 0.717) is 30.8 Å². The molecule has 0 saturated carbocycles. The average molecular weight is 379 g/mol. The van der Waals surface area contributed by atoms with Gasteiger partial charge in [0.2, 0.25) is 5.91 Å². The van der Waals surface area contributed by atoms with Crippen LogP contribution in [0.3, 0.4) is 0 Å². The SMILES string of the molecule is O=C(O)CCCC(=O)Nc1cccc(C23NCCN2C(=O)c2ccccc23)c1. The van der Waals surface area contributed by atoms with E-state index < -0.39 is 11.6 Å². The Bertz CT molecular complexity index is 958. The van der Waals surface area contributed by atoms with Crippen LogP contribution in [0.2, 0.25) is 0 Å². The number of amides is 2. The van der Waals surface area contributed by atoms with Crippen molar-refractivity contribution in [3.8, 4) is 0 Å². The van der Waals surface area contributed by atoms with E-state index in [1.54, 1.807) is 6.07 Å². The van der Waals surface area contributed by atoms with Gasteiger partial charge in [0.15, 0.2) is 0 Å². The molecule has 2 aromatic carbocycles. The maximum Gasteiger partial charge on any atom is 0.303 e. The van der Waals surface area contributed by atoms with Crippen LogP contribution in [0, 0.1) is 0 Å². The molecule has 7 nitrogen and oxygen atoms in total. The summed E-state index contributed by atoms with van der Waals surface area (Å²) in [4.78, 5) is 37.4. The minimum atomic E-state index is -0.911. The molecule has 1 fully saturated rings. The molecule has 7 heteroatoms. The zero-order valence-corrected chi connectivity index (χ0v) is 15.3. The summed E-state index contributed by atoms with van der Waals surface area (Å²) in [5, 5.41) is 15.0.